The molecule has 4 nitrogen and oxygen atoms in total. The van der Waals surface area contributed by atoms with Crippen molar-refractivity contribution in [2.45, 2.75) is 70.1 Å². The van der Waals surface area contributed by atoms with Crippen LogP contribution in [-0.2, 0) is 9.53 Å². The van der Waals surface area contributed by atoms with Crippen LogP contribution in [0.5, 0.6) is 0 Å². The zero-order chi connectivity index (χ0) is 13.7. The number of carbonyl (C=O) groups is 1. The minimum atomic E-state index is -0.0844. The maximum atomic E-state index is 12.5. The fraction of sp³-hybridized carbons (Fsp3) is 0.933. The van der Waals surface area contributed by atoms with Crippen LogP contribution in [0.1, 0.15) is 51.9 Å². The highest BCUT2D eigenvalue weighted by molar-refractivity contribution is 5.81. The monoisotopic (exact) mass is 268 g/mol. The minimum absolute atomic E-state index is 0.0844. The van der Waals surface area contributed by atoms with Crippen molar-refractivity contribution in [1.29, 1.82) is 0 Å². The van der Waals surface area contributed by atoms with Crippen LogP contribution < -0.4 is 5.32 Å². The Bertz CT molecular complexity index is 288. The Morgan fingerprint density at radius 3 is 2.47 bits per heavy atom. The first-order valence-electron chi connectivity index (χ1n) is 7.80. The summed E-state index contributed by atoms with van der Waals surface area (Å²) in [4.78, 5) is 14.5. The summed E-state index contributed by atoms with van der Waals surface area (Å²) in [5, 5.41) is 3.48. The van der Waals surface area contributed by atoms with Gasteiger partial charge in [0.2, 0.25) is 5.91 Å². The topological polar surface area (TPSA) is 41.6 Å². The average molecular weight is 268 g/mol. The van der Waals surface area contributed by atoms with E-state index >= 15 is 0 Å². The molecule has 0 radical (unpaired) electrons. The molecule has 1 amide bonds. The molecule has 0 spiro atoms. The number of hydrogen-bond acceptors (Lipinski definition) is 3. The van der Waals surface area contributed by atoms with Gasteiger partial charge in [-0.1, -0.05) is 12.8 Å². The molecule has 3 atom stereocenters. The Kier molecular flexibility index (Phi) is 5.64. The zero-order valence-corrected chi connectivity index (χ0v) is 12.4. The summed E-state index contributed by atoms with van der Waals surface area (Å²) in [5.41, 5.74) is 0. The van der Waals surface area contributed by atoms with E-state index in [2.05, 4.69) is 5.32 Å². The molecule has 19 heavy (non-hydrogen) atoms. The van der Waals surface area contributed by atoms with Gasteiger partial charge in [-0.05, 0) is 39.0 Å². The van der Waals surface area contributed by atoms with Crippen LogP contribution in [-0.4, -0.2) is 49.2 Å². The summed E-state index contributed by atoms with van der Waals surface area (Å²) in [6.45, 7) is 3.87. The molecule has 1 saturated heterocycles. The highest BCUT2D eigenvalue weighted by atomic mass is 16.5. The largest absolute Gasteiger partial charge is 0.380 e. The first kappa shape index (κ1) is 14.8. The van der Waals surface area contributed by atoms with Gasteiger partial charge < -0.3 is 15.0 Å². The summed E-state index contributed by atoms with van der Waals surface area (Å²) in [6.07, 6.45) is 8.54. The molecule has 0 aromatic heterocycles. The number of likely N-dealkylation sites (tertiary alicyclic amines) is 1. The van der Waals surface area contributed by atoms with E-state index in [4.69, 9.17) is 4.74 Å². The lowest BCUT2D eigenvalue weighted by atomic mass is 10.1. The molecule has 1 aliphatic carbocycles. The number of ether oxygens (including phenoxy) is 1. The third-order valence-electron chi connectivity index (χ3n) is 4.51. The van der Waals surface area contributed by atoms with Crippen molar-refractivity contribution >= 4 is 5.91 Å². The molecule has 2 aliphatic rings. The number of hydrogen-bond donors (Lipinski definition) is 1. The lowest BCUT2D eigenvalue weighted by Crippen LogP contribution is -2.50. The highest BCUT2D eigenvalue weighted by Crippen LogP contribution is 2.22. The van der Waals surface area contributed by atoms with E-state index in [1.165, 1.54) is 19.3 Å². The first-order chi connectivity index (χ1) is 9.22. The second kappa shape index (κ2) is 7.25. The molecular formula is C15H28N2O2. The summed E-state index contributed by atoms with van der Waals surface area (Å²) in [7, 11) is 1.77. The van der Waals surface area contributed by atoms with Gasteiger partial charge in [0.05, 0.1) is 12.1 Å². The molecule has 1 aliphatic heterocycles. The SMILES string of the molecule is COC1CCCC1NC(C)C(=O)N1CCCCCC1. The van der Waals surface area contributed by atoms with Gasteiger partial charge in [0.25, 0.3) is 0 Å². The van der Waals surface area contributed by atoms with Gasteiger partial charge in [0.1, 0.15) is 0 Å². The van der Waals surface area contributed by atoms with Crippen LogP contribution >= 0.6 is 0 Å². The molecule has 1 saturated carbocycles. The molecule has 4 heteroatoms. The molecule has 2 rings (SSSR count). The van der Waals surface area contributed by atoms with Crippen molar-refractivity contribution in [3.05, 3.63) is 0 Å². The Morgan fingerprint density at radius 2 is 1.84 bits per heavy atom. The molecule has 3 unspecified atom stereocenters. The van der Waals surface area contributed by atoms with Crippen LogP contribution in [0.3, 0.4) is 0 Å². The normalized spacial score (nSPS) is 30.1. The Morgan fingerprint density at radius 1 is 1.16 bits per heavy atom. The minimum Gasteiger partial charge on any atom is -0.380 e. The van der Waals surface area contributed by atoms with E-state index in [-0.39, 0.29) is 18.1 Å². The van der Waals surface area contributed by atoms with Crippen LogP contribution in [0.25, 0.3) is 0 Å². The van der Waals surface area contributed by atoms with Crippen molar-refractivity contribution < 1.29 is 9.53 Å². The van der Waals surface area contributed by atoms with Gasteiger partial charge in [-0.2, -0.15) is 0 Å². The van der Waals surface area contributed by atoms with Crippen LogP contribution in [0, 0.1) is 0 Å². The van der Waals surface area contributed by atoms with E-state index in [0.29, 0.717) is 6.04 Å². The summed E-state index contributed by atoms with van der Waals surface area (Å²) >= 11 is 0. The zero-order valence-electron chi connectivity index (χ0n) is 12.4. The lowest BCUT2D eigenvalue weighted by molar-refractivity contribution is -0.133. The van der Waals surface area contributed by atoms with E-state index in [1.54, 1.807) is 7.11 Å². The van der Waals surface area contributed by atoms with Gasteiger partial charge in [-0.3, -0.25) is 4.79 Å². The molecule has 1 heterocycles. The summed E-state index contributed by atoms with van der Waals surface area (Å²) in [6, 6.07) is 0.259. The van der Waals surface area contributed by atoms with Gasteiger partial charge in [-0.25, -0.2) is 0 Å². The third kappa shape index (κ3) is 3.93. The van der Waals surface area contributed by atoms with Crippen LogP contribution in [0.15, 0.2) is 0 Å². The van der Waals surface area contributed by atoms with E-state index in [1.807, 2.05) is 11.8 Å². The molecule has 0 aromatic rings. The van der Waals surface area contributed by atoms with Crippen molar-refractivity contribution in [2.75, 3.05) is 20.2 Å². The fourth-order valence-electron chi connectivity index (χ4n) is 3.36. The van der Waals surface area contributed by atoms with Crippen molar-refractivity contribution in [3.63, 3.8) is 0 Å². The predicted molar refractivity (Wildman–Crippen MR) is 76.1 cm³/mol. The average Bonchev–Trinajstić information content (AvgIpc) is 2.69. The van der Waals surface area contributed by atoms with E-state index in [9.17, 15) is 4.79 Å². The Hall–Kier alpha value is -0.610. The number of nitrogens with one attached hydrogen (secondary N) is 1. The smallest absolute Gasteiger partial charge is 0.239 e. The fourth-order valence-corrected chi connectivity index (χ4v) is 3.36. The number of carbonyl (C=O) groups excluding carboxylic acids is 1. The lowest BCUT2D eigenvalue weighted by Gasteiger charge is -2.28. The third-order valence-corrected chi connectivity index (χ3v) is 4.51. The predicted octanol–water partition coefficient (Wildman–Crippen LogP) is 1.93. The first-order valence-corrected chi connectivity index (χ1v) is 7.80. The maximum absolute atomic E-state index is 12.5. The summed E-state index contributed by atoms with van der Waals surface area (Å²) < 4.78 is 5.48. The molecule has 1 N–H and O–H groups in total. The van der Waals surface area contributed by atoms with Crippen molar-refractivity contribution in [3.8, 4) is 0 Å². The van der Waals surface area contributed by atoms with Gasteiger partial charge in [0.15, 0.2) is 0 Å². The molecule has 110 valence electrons. The summed E-state index contributed by atoms with van der Waals surface area (Å²) in [5.74, 6) is 0.267. The molecule has 0 bridgehead atoms. The standard InChI is InChI=1S/C15H28N2O2/c1-12(16-13-8-7-9-14(13)19-2)15(18)17-10-5-3-4-6-11-17/h12-14,16H,3-11H2,1-2H3. The highest BCUT2D eigenvalue weighted by Gasteiger charge is 2.30. The molecule has 2 fully saturated rings. The Labute approximate surface area is 116 Å². The van der Waals surface area contributed by atoms with Crippen molar-refractivity contribution in [1.82, 2.24) is 10.2 Å². The van der Waals surface area contributed by atoms with E-state index < -0.39 is 0 Å². The molecular weight excluding hydrogens is 240 g/mol. The number of rotatable bonds is 4. The number of methoxy groups -OCH3 is 1. The quantitative estimate of drug-likeness (QED) is 0.847. The second-order valence-corrected chi connectivity index (χ2v) is 5.94. The van der Waals surface area contributed by atoms with Crippen molar-refractivity contribution in [2.24, 2.45) is 0 Å². The van der Waals surface area contributed by atoms with Gasteiger partial charge >= 0.3 is 0 Å². The number of nitrogens with zero attached hydrogens (tertiary/aromatic N) is 1. The Balaban J connectivity index is 1.84. The molecule has 0 aromatic carbocycles. The maximum Gasteiger partial charge on any atom is 0.239 e. The number of amides is 1. The van der Waals surface area contributed by atoms with Crippen LogP contribution in [0.2, 0.25) is 0 Å². The second-order valence-electron chi connectivity index (χ2n) is 5.94. The van der Waals surface area contributed by atoms with Gasteiger partial charge in [0, 0.05) is 26.2 Å². The van der Waals surface area contributed by atoms with Crippen LogP contribution in [0.4, 0.5) is 0 Å². The van der Waals surface area contributed by atoms with E-state index in [0.717, 1.165) is 38.8 Å². The van der Waals surface area contributed by atoms with Gasteiger partial charge in [-0.15, -0.1) is 0 Å².